The molecule has 8 nitrogen and oxygen atoms in total. The Morgan fingerprint density at radius 1 is 1.27 bits per heavy atom. The van der Waals surface area contributed by atoms with Crippen molar-refractivity contribution in [2.75, 3.05) is 7.11 Å². The number of aliphatic carboxylic acids is 1. The molecule has 10 heteroatoms. The highest BCUT2D eigenvalue weighted by atomic mass is 79.9. The number of rotatable bonds is 6. The maximum Gasteiger partial charge on any atom is 0.344 e. The predicted octanol–water partition coefficient (Wildman–Crippen LogP) is 3.97. The molecule has 0 aliphatic heterocycles. The molecule has 0 fully saturated rings. The fraction of sp³-hybridized carbons (Fsp3) is 0.200. The van der Waals surface area contributed by atoms with Gasteiger partial charge in [-0.15, -0.1) is 0 Å². The number of fused-ring (bicyclic) bond motifs is 1. The predicted molar refractivity (Wildman–Crippen MR) is 120 cm³/mol. The normalized spacial score (nSPS) is 12.3. The molecule has 0 radical (unpaired) electrons. The van der Waals surface area contributed by atoms with Gasteiger partial charge < -0.3 is 14.6 Å². The molecule has 156 valence electrons. The van der Waals surface area contributed by atoms with Crippen LogP contribution < -0.4 is 15.0 Å². The van der Waals surface area contributed by atoms with Gasteiger partial charge in [0.25, 0.3) is 5.56 Å². The summed E-state index contributed by atoms with van der Waals surface area (Å²) in [6.45, 7) is 3.08. The van der Waals surface area contributed by atoms with Gasteiger partial charge in [-0.3, -0.25) is 4.79 Å². The number of aromatic nitrogens is 2. The zero-order valence-electron chi connectivity index (χ0n) is 16.2. The Kier molecular flexibility index (Phi) is 6.57. The summed E-state index contributed by atoms with van der Waals surface area (Å²) in [5.74, 6) is -0.209. The van der Waals surface area contributed by atoms with Gasteiger partial charge in [0.1, 0.15) is 5.82 Å². The molecule has 1 N–H and O–H groups in total. The molecule has 0 saturated heterocycles. The molecule has 0 bridgehead atoms. The smallest absolute Gasteiger partial charge is 0.344 e. The zero-order valence-corrected chi connectivity index (χ0v) is 19.4. The number of carboxylic acid groups (broad SMARTS) is 1. The van der Waals surface area contributed by atoms with Crippen LogP contribution >= 0.6 is 31.9 Å². The van der Waals surface area contributed by atoms with Gasteiger partial charge in [0.05, 0.1) is 24.2 Å². The molecule has 0 aliphatic carbocycles. The van der Waals surface area contributed by atoms with E-state index in [0.29, 0.717) is 32.5 Å². The monoisotopic (exact) mass is 537 g/mol. The van der Waals surface area contributed by atoms with Crippen LogP contribution in [0.5, 0.6) is 11.5 Å². The number of nitrogens with zero attached hydrogens (tertiary/aromatic N) is 3. The molecule has 30 heavy (non-hydrogen) atoms. The van der Waals surface area contributed by atoms with Crippen molar-refractivity contribution in [1.82, 2.24) is 9.66 Å². The molecular weight excluding hydrogens is 522 g/mol. The van der Waals surface area contributed by atoms with Crippen LogP contribution in [0.15, 0.2) is 49.2 Å². The van der Waals surface area contributed by atoms with Crippen LogP contribution in [0.1, 0.15) is 18.3 Å². The summed E-state index contributed by atoms with van der Waals surface area (Å²) >= 11 is 6.73. The third-order valence-electron chi connectivity index (χ3n) is 4.19. The van der Waals surface area contributed by atoms with Crippen molar-refractivity contribution in [2.45, 2.75) is 20.0 Å². The minimum absolute atomic E-state index is 0.196. The molecular formula is C20H17Br2N3O5. The SMILES string of the molecule is COc1cc(Br)cc(C=Nn2c(C)nc3ccc(Br)cc3c2=O)c1O[C@H](C)C(=O)O. The van der Waals surface area contributed by atoms with Crippen LogP contribution in [0.3, 0.4) is 0 Å². The number of methoxy groups -OCH3 is 1. The largest absolute Gasteiger partial charge is 0.493 e. The zero-order chi connectivity index (χ0) is 22.0. The van der Waals surface area contributed by atoms with Gasteiger partial charge in [-0.25, -0.2) is 9.78 Å². The summed E-state index contributed by atoms with van der Waals surface area (Å²) in [5, 5.41) is 13.9. The van der Waals surface area contributed by atoms with E-state index < -0.39 is 12.1 Å². The minimum Gasteiger partial charge on any atom is -0.493 e. The lowest BCUT2D eigenvalue weighted by molar-refractivity contribution is -0.144. The minimum atomic E-state index is -1.13. The molecule has 1 aromatic heterocycles. The molecule has 0 spiro atoms. The molecule has 0 amide bonds. The highest BCUT2D eigenvalue weighted by Gasteiger charge is 2.19. The average molecular weight is 539 g/mol. The molecule has 1 heterocycles. The summed E-state index contributed by atoms with van der Waals surface area (Å²) in [4.78, 5) is 28.6. The lowest BCUT2D eigenvalue weighted by Gasteiger charge is -2.16. The first-order valence-electron chi connectivity index (χ1n) is 8.71. The number of hydrogen-bond donors (Lipinski definition) is 1. The van der Waals surface area contributed by atoms with Crippen molar-refractivity contribution >= 4 is 54.9 Å². The Balaban J connectivity index is 2.13. The van der Waals surface area contributed by atoms with Gasteiger partial charge in [-0.2, -0.15) is 9.78 Å². The third kappa shape index (κ3) is 4.54. The quantitative estimate of drug-likeness (QED) is 0.476. The molecule has 1 atom stereocenters. The van der Waals surface area contributed by atoms with Gasteiger partial charge in [-0.1, -0.05) is 31.9 Å². The average Bonchev–Trinajstić information content (AvgIpc) is 2.69. The molecule has 0 aliphatic rings. The van der Waals surface area contributed by atoms with E-state index in [-0.39, 0.29) is 11.3 Å². The van der Waals surface area contributed by atoms with Gasteiger partial charge in [0.15, 0.2) is 17.6 Å². The second-order valence-electron chi connectivity index (χ2n) is 6.31. The number of benzene rings is 2. The molecule has 3 rings (SSSR count). The first-order valence-corrected chi connectivity index (χ1v) is 10.3. The first-order chi connectivity index (χ1) is 14.2. The number of halogens is 2. The molecule has 0 unspecified atom stereocenters. The van der Waals surface area contributed by atoms with E-state index in [1.54, 1.807) is 31.2 Å². The summed E-state index contributed by atoms with van der Waals surface area (Å²) < 4.78 is 13.5. The van der Waals surface area contributed by atoms with Crippen LogP contribution in [-0.2, 0) is 4.79 Å². The Hall–Kier alpha value is -2.72. The van der Waals surface area contributed by atoms with Crippen LogP contribution in [0, 0.1) is 6.92 Å². The Labute approximate surface area is 188 Å². The fourth-order valence-corrected chi connectivity index (χ4v) is 3.52. The third-order valence-corrected chi connectivity index (χ3v) is 5.14. The van der Waals surface area contributed by atoms with E-state index in [4.69, 9.17) is 9.47 Å². The van der Waals surface area contributed by atoms with Gasteiger partial charge >= 0.3 is 5.97 Å². The lowest BCUT2D eigenvalue weighted by atomic mass is 10.2. The van der Waals surface area contributed by atoms with Crippen molar-refractivity contribution in [1.29, 1.82) is 0 Å². The van der Waals surface area contributed by atoms with Crippen molar-refractivity contribution in [3.05, 3.63) is 61.0 Å². The Morgan fingerprint density at radius 2 is 2.00 bits per heavy atom. The summed E-state index contributed by atoms with van der Waals surface area (Å²) in [6.07, 6.45) is 0.285. The second-order valence-corrected chi connectivity index (χ2v) is 8.14. The summed E-state index contributed by atoms with van der Waals surface area (Å²) in [5.41, 5.74) is 0.656. The number of carbonyl (C=O) groups is 1. The molecule has 3 aromatic rings. The lowest BCUT2D eigenvalue weighted by Crippen LogP contribution is -2.24. The topological polar surface area (TPSA) is 103 Å². The summed E-state index contributed by atoms with van der Waals surface area (Å²) in [7, 11) is 1.45. The first kappa shape index (κ1) is 22.0. The van der Waals surface area contributed by atoms with Gasteiger partial charge in [-0.05, 0) is 44.2 Å². The standard InChI is InChI=1S/C20H17Br2N3O5/c1-10(20(27)28)30-18-12(6-14(22)8-17(18)29-3)9-23-25-11(2)24-16-5-4-13(21)7-15(16)19(25)26/h4-10H,1-3H3,(H,27,28)/t10-/m1/s1. The second kappa shape index (κ2) is 8.97. The van der Waals surface area contributed by atoms with Crippen molar-refractivity contribution < 1.29 is 19.4 Å². The number of hydrogen-bond acceptors (Lipinski definition) is 6. The highest BCUT2D eigenvalue weighted by Crippen LogP contribution is 2.34. The number of carboxylic acids is 1. The van der Waals surface area contributed by atoms with Crippen molar-refractivity contribution in [3.8, 4) is 11.5 Å². The van der Waals surface area contributed by atoms with Crippen molar-refractivity contribution in [2.24, 2.45) is 5.10 Å². The van der Waals surface area contributed by atoms with Crippen LogP contribution in [0.4, 0.5) is 0 Å². The van der Waals surface area contributed by atoms with Gasteiger partial charge in [0, 0.05) is 14.5 Å². The van der Waals surface area contributed by atoms with E-state index in [1.165, 1.54) is 24.9 Å². The van der Waals surface area contributed by atoms with Crippen molar-refractivity contribution in [3.63, 3.8) is 0 Å². The number of ether oxygens (including phenoxy) is 2. The number of aryl methyl sites for hydroxylation is 1. The Morgan fingerprint density at radius 3 is 2.67 bits per heavy atom. The Bertz CT molecular complexity index is 1220. The van der Waals surface area contributed by atoms with E-state index >= 15 is 0 Å². The van der Waals surface area contributed by atoms with E-state index in [9.17, 15) is 14.7 Å². The van der Waals surface area contributed by atoms with E-state index in [2.05, 4.69) is 41.9 Å². The van der Waals surface area contributed by atoms with Crippen LogP contribution in [0.2, 0.25) is 0 Å². The fourth-order valence-electron chi connectivity index (χ4n) is 2.71. The highest BCUT2D eigenvalue weighted by molar-refractivity contribution is 9.10. The van der Waals surface area contributed by atoms with E-state index in [0.717, 1.165) is 4.47 Å². The maximum absolute atomic E-state index is 12.9. The van der Waals surface area contributed by atoms with Crippen LogP contribution in [-0.4, -0.2) is 40.2 Å². The molecule has 0 saturated carbocycles. The molecule has 2 aromatic carbocycles. The van der Waals surface area contributed by atoms with E-state index in [1.807, 2.05) is 6.07 Å². The maximum atomic E-state index is 12.9. The van der Waals surface area contributed by atoms with Gasteiger partial charge in [0.2, 0.25) is 0 Å². The van der Waals surface area contributed by atoms with Crippen LogP contribution in [0.25, 0.3) is 10.9 Å². The summed E-state index contributed by atoms with van der Waals surface area (Å²) in [6, 6.07) is 8.57.